The number of aliphatic hydroxyl groups is 2. The van der Waals surface area contributed by atoms with E-state index >= 15 is 0 Å². The highest BCUT2D eigenvalue weighted by atomic mass is 16.5. The second-order valence-electron chi connectivity index (χ2n) is 8.68. The third-order valence-corrected chi connectivity index (χ3v) is 7.09. The van der Waals surface area contributed by atoms with Crippen LogP contribution in [0.3, 0.4) is 0 Å². The third-order valence-electron chi connectivity index (χ3n) is 7.09. The van der Waals surface area contributed by atoms with Crippen molar-refractivity contribution >= 4 is 55.4 Å². The van der Waals surface area contributed by atoms with Crippen molar-refractivity contribution in [3.8, 4) is 0 Å². The van der Waals surface area contributed by atoms with Gasteiger partial charge in [0.05, 0.1) is 34.2 Å². The number of imide groups is 1. The Hall–Kier alpha value is -3.72. The molecule has 0 aliphatic carbocycles. The molecule has 2 amide bonds. The van der Waals surface area contributed by atoms with E-state index in [0.717, 1.165) is 27.3 Å². The second kappa shape index (κ2) is 6.20. The zero-order chi connectivity index (χ0) is 22.6. The average Bonchev–Trinajstić information content (AvgIpc) is 3.42. The second-order valence-corrected chi connectivity index (χ2v) is 8.68. The largest absolute Gasteiger partial charge is 0.388 e. The van der Waals surface area contributed by atoms with Crippen LogP contribution in [0.15, 0.2) is 48.5 Å². The first-order valence-corrected chi connectivity index (χ1v) is 10.8. The molecule has 0 radical (unpaired) electrons. The molecule has 2 aliphatic rings. The van der Waals surface area contributed by atoms with Gasteiger partial charge < -0.3 is 24.1 Å². The predicted octanol–water partition coefficient (Wildman–Crippen LogP) is 2.67. The number of nitrogens with one attached hydrogen (secondary N) is 1. The Labute approximate surface area is 186 Å². The van der Waals surface area contributed by atoms with E-state index in [1.807, 2.05) is 57.7 Å². The highest BCUT2D eigenvalue weighted by molar-refractivity contribution is 6.39. The van der Waals surface area contributed by atoms with Crippen molar-refractivity contribution in [1.82, 2.24) is 14.5 Å². The Bertz CT molecular complexity index is 1700. The average molecular weight is 441 g/mol. The van der Waals surface area contributed by atoms with Crippen LogP contribution in [0, 0.1) is 0 Å². The van der Waals surface area contributed by atoms with Crippen LogP contribution in [0.4, 0.5) is 0 Å². The number of ether oxygens (including phenoxy) is 1. The fraction of sp³-hybridized carbons (Fsp3) is 0.200. The van der Waals surface area contributed by atoms with Crippen LogP contribution in [0.5, 0.6) is 0 Å². The van der Waals surface area contributed by atoms with Gasteiger partial charge in [0, 0.05) is 34.2 Å². The van der Waals surface area contributed by atoms with Crippen molar-refractivity contribution in [2.75, 3.05) is 7.11 Å². The summed E-state index contributed by atoms with van der Waals surface area (Å²) in [5.74, 6) is -0.865. The summed E-state index contributed by atoms with van der Waals surface area (Å²) in [5.41, 5.74) is 3.68. The van der Waals surface area contributed by atoms with Crippen LogP contribution in [0.2, 0.25) is 0 Å². The zero-order valence-corrected chi connectivity index (χ0v) is 17.6. The van der Waals surface area contributed by atoms with E-state index in [9.17, 15) is 19.8 Å². The van der Waals surface area contributed by atoms with E-state index in [1.54, 1.807) is 0 Å². The number of carbonyl (C=O) groups is 2. The van der Waals surface area contributed by atoms with E-state index < -0.39 is 30.3 Å². The quantitative estimate of drug-likeness (QED) is 0.347. The minimum Gasteiger partial charge on any atom is -0.388 e. The van der Waals surface area contributed by atoms with Crippen molar-refractivity contribution in [2.24, 2.45) is 0 Å². The van der Waals surface area contributed by atoms with Gasteiger partial charge in [-0.25, -0.2) is 0 Å². The van der Waals surface area contributed by atoms with E-state index in [1.165, 1.54) is 7.11 Å². The maximum Gasteiger partial charge on any atom is 0.259 e. The topological polar surface area (TPSA) is 106 Å². The third kappa shape index (κ3) is 2.11. The standard InChI is InChI=1S/C25H19N3O5/c1-33-25-22(30)15(29)10-27-13-8-4-2-6-11(13)16-18-19(24(32)26-23(18)31)17-12-7-3-5-9-14(12)28(25)21(17)20(16)27/h2-9,15,22,25,29-30H,10H2,1H3,(H,26,31,32). The summed E-state index contributed by atoms with van der Waals surface area (Å²) in [6, 6.07) is 15.1. The van der Waals surface area contributed by atoms with Crippen molar-refractivity contribution in [3.05, 3.63) is 59.7 Å². The minimum atomic E-state index is -1.22. The summed E-state index contributed by atoms with van der Waals surface area (Å²) in [6.07, 6.45) is -3.24. The summed E-state index contributed by atoms with van der Waals surface area (Å²) >= 11 is 0. The highest BCUT2D eigenvalue weighted by Gasteiger charge is 2.40. The first kappa shape index (κ1) is 18.8. The summed E-state index contributed by atoms with van der Waals surface area (Å²) in [7, 11) is 1.49. The first-order valence-electron chi connectivity index (χ1n) is 10.8. The molecular weight excluding hydrogens is 422 g/mol. The van der Waals surface area contributed by atoms with Gasteiger partial charge in [-0.1, -0.05) is 36.4 Å². The lowest BCUT2D eigenvalue weighted by atomic mass is 9.96. The monoisotopic (exact) mass is 441 g/mol. The number of fused-ring (bicyclic) bond motifs is 9. The molecular formula is C25H19N3O5. The molecule has 0 fully saturated rings. The van der Waals surface area contributed by atoms with Gasteiger partial charge in [-0.2, -0.15) is 0 Å². The Morgan fingerprint density at radius 2 is 1.45 bits per heavy atom. The van der Waals surface area contributed by atoms with Crippen LogP contribution in [0.25, 0.3) is 43.6 Å². The van der Waals surface area contributed by atoms with Gasteiger partial charge in [-0.05, 0) is 12.1 Å². The molecule has 7 rings (SSSR count). The number of aliphatic hydroxyl groups excluding tert-OH is 2. The van der Waals surface area contributed by atoms with Gasteiger partial charge in [0.1, 0.15) is 12.2 Å². The Morgan fingerprint density at radius 3 is 2.12 bits per heavy atom. The molecule has 0 saturated carbocycles. The van der Waals surface area contributed by atoms with Crippen molar-refractivity contribution in [3.63, 3.8) is 0 Å². The molecule has 3 atom stereocenters. The lowest BCUT2D eigenvalue weighted by Crippen LogP contribution is -2.39. The number of amides is 2. The van der Waals surface area contributed by atoms with E-state index in [4.69, 9.17) is 4.74 Å². The maximum absolute atomic E-state index is 13.1. The summed E-state index contributed by atoms with van der Waals surface area (Å²) in [5, 5.41) is 27.5. The van der Waals surface area contributed by atoms with Gasteiger partial charge >= 0.3 is 0 Å². The van der Waals surface area contributed by atoms with E-state index in [-0.39, 0.29) is 6.54 Å². The molecule has 4 heterocycles. The molecule has 2 aromatic heterocycles. The van der Waals surface area contributed by atoms with Crippen LogP contribution >= 0.6 is 0 Å². The number of carbonyl (C=O) groups excluding carboxylic acids is 2. The number of methoxy groups -OCH3 is 1. The zero-order valence-electron chi connectivity index (χ0n) is 17.6. The molecule has 3 unspecified atom stereocenters. The molecule has 0 bridgehead atoms. The van der Waals surface area contributed by atoms with Gasteiger partial charge in [0.25, 0.3) is 11.8 Å². The number of benzene rings is 3. The van der Waals surface area contributed by atoms with Gasteiger partial charge in [0.15, 0.2) is 6.23 Å². The molecule has 3 N–H and O–H groups in total. The fourth-order valence-electron chi connectivity index (χ4n) is 5.82. The normalized spacial score (nSPS) is 22.5. The molecule has 2 aliphatic heterocycles. The lowest BCUT2D eigenvalue weighted by Gasteiger charge is -2.31. The number of hydrogen-bond acceptors (Lipinski definition) is 5. The Morgan fingerprint density at radius 1 is 0.879 bits per heavy atom. The van der Waals surface area contributed by atoms with Crippen LogP contribution in [-0.2, 0) is 11.3 Å². The predicted molar refractivity (Wildman–Crippen MR) is 122 cm³/mol. The number of para-hydroxylation sites is 2. The first-order chi connectivity index (χ1) is 16.0. The molecule has 164 valence electrons. The van der Waals surface area contributed by atoms with Crippen molar-refractivity contribution in [2.45, 2.75) is 25.0 Å². The van der Waals surface area contributed by atoms with Gasteiger partial charge in [0.2, 0.25) is 0 Å². The molecule has 0 saturated heterocycles. The highest BCUT2D eigenvalue weighted by Crippen LogP contribution is 2.47. The molecule has 33 heavy (non-hydrogen) atoms. The van der Waals surface area contributed by atoms with Crippen LogP contribution in [-0.4, -0.2) is 50.5 Å². The Kier molecular flexibility index (Phi) is 3.53. The van der Waals surface area contributed by atoms with Crippen LogP contribution < -0.4 is 5.32 Å². The number of rotatable bonds is 1. The summed E-state index contributed by atoms with van der Waals surface area (Å²) in [6.45, 7) is 0.107. The van der Waals surface area contributed by atoms with Gasteiger partial charge in [-0.3, -0.25) is 14.9 Å². The maximum atomic E-state index is 13.1. The molecule has 5 aromatic rings. The molecule has 8 nitrogen and oxygen atoms in total. The molecule has 8 heteroatoms. The van der Waals surface area contributed by atoms with Crippen LogP contribution in [0.1, 0.15) is 26.9 Å². The molecule has 3 aromatic carbocycles. The summed E-state index contributed by atoms with van der Waals surface area (Å²) in [4.78, 5) is 26.2. The molecule has 0 spiro atoms. The minimum absolute atomic E-state index is 0.107. The number of hydrogen-bond donors (Lipinski definition) is 3. The van der Waals surface area contributed by atoms with Crippen molar-refractivity contribution in [1.29, 1.82) is 0 Å². The van der Waals surface area contributed by atoms with Gasteiger partial charge in [-0.15, -0.1) is 0 Å². The fourth-order valence-corrected chi connectivity index (χ4v) is 5.82. The SMILES string of the molecule is COC1C(O)C(O)Cn2c3ccccc3c3c4c(c5c6ccccc6n1c5c32)C(=O)NC4=O. The van der Waals surface area contributed by atoms with E-state index in [0.29, 0.717) is 27.4 Å². The lowest BCUT2D eigenvalue weighted by molar-refractivity contribution is -0.109. The smallest absolute Gasteiger partial charge is 0.259 e. The number of aromatic nitrogens is 2. The Balaban J connectivity index is 1.90. The summed E-state index contributed by atoms with van der Waals surface area (Å²) < 4.78 is 9.53. The van der Waals surface area contributed by atoms with E-state index in [2.05, 4.69) is 5.32 Å². The van der Waals surface area contributed by atoms with Crippen molar-refractivity contribution < 1.29 is 24.5 Å². The number of nitrogens with zero attached hydrogens (tertiary/aromatic N) is 2.